The van der Waals surface area contributed by atoms with E-state index in [2.05, 4.69) is 4.72 Å². The molecule has 0 aliphatic heterocycles. The van der Waals surface area contributed by atoms with Crippen LogP contribution in [0.25, 0.3) is 0 Å². The molecule has 0 fully saturated rings. The number of benzene rings is 1. The highest BCUT2D eigenvalue weighted by Gasteiger charge is 2.22. The highest BCUT2D eigenvalue weighted by atomic mass is 32.2. The van der Waals surface area contributed by atoms with Crippen molar-refractivity contribution < 1.29 is 17.9 Å². The second kappa shape index (κ2) is 6.61. The van der Waals surface area contributed by atoms with Gasteiger partial charge in [-0.2, -0.15) is 5.26 Å². The molecule has 0 heterocycles. The summed E-state index contributed by atoms with van der Waals surface area (Å²) in [5.41, 5.74) is -0.496. The monoisotopic (exact) mass is 286 g/mol. The highest BCUT2D eigenvalue weighted by molar-refractivity contribution is 7.89. The molecule has 0 aliphatic carbocycles. The predicted molar refractivity (Wildman–Crippen MR) is 67.2 cm³/mol. The summed E-state index contributed by atoms with van der Waals surface area (Å²) in [6.07, 6.45) is 0.908. The quantitative estimate of drug-likeness (QED) is 0.820. The van der Waals surface area contributed by atoms with Crippen molar-refractivity contribution >= 4 is 10.0 Å². The third-order valence-electron chi connectivity index (χ3n) is 2.53. The topological polar surface area (TPSA) is 90.2 Å². The Morgan fingerprint density at radius 1 is 1.53 bits per heavy atom. The van der Waals surface area contributed by atoms with Gasteiger partial charge in [0.1, 0.15) is 22.3 Å². The standard InChI is InChI=1S/C12H15FN2O3S/c1-9(4-3-7-16)15-19(17,18)12-6-2-5-11(13)10(12)8-14/h2,5-6,9,15-16H,3-4,7H2,1H3. The lowest BCUT2D eigenvalue weighted by atomic mass is 10.2. The molecule has 1 rings (SSSR count). The fourth-order valence-corrected chi connectivity index (χ4v) is 3.07. The molecule has 0 aromatic heterocycles. The summed E-state index contributed by atoms with van der Waals surface area (Å²) in [6.45, 7) is 1.61. The third-order valence-corrected chi connectivity index (χ3v) is 4.16. The van der Waals surface area contributed by atoms with E-state index in [1.54, 1.807) is 13.0 Å². The van der Waals surface area contributed by atoms with Crippen molar-refractivity contribution in [1.29, 1.82) is 5.26 Å². The van der Waals surface area contributed by atoms with Crippen LogP contribution in [0.15, 0.2) is 23.1 Å². The fraction of sp³-hybridized carbons (Fsp3) is 0.417. The van der Waals surface area contributed by atoms with E-state index in [-0.39, 0.29) is 11.5 Å². The molecule has 1 aromatic carbocycles. The van der Waals surface area contributed by atoms with Gasteiger partial charge < -0.3 is 5.11 Å². The lowest BCUT2D eigenvalue weighted by molar-refractivity contribution is 0.279. The molecule has 1 aromatic rings. The minimum atomic E-state index is -3.95. The first-order valence-corrected chi connectivity index (χ1v) is 7.22. The number of halogens is 1. The number of hydrogen-bond acceptors (Lipinski definition) is 4. The van der Waals surface area contributed by atoms with Crippen LogP contribution in [0.4, 0.5) is 4.39 Å². The number of nitriles is 1. The molecule has 5 nitrogen and oxygen atoms in total. The molecule has 1 atom stereocenters. The van der Waals surface area contributed by atoms with Crippen LogP contribution in [0.3, 0.4) is 0 Å². The van der Waals surface area contributed by atoms with E-state index in [9.17, 15) is 12.8 Å². The molecule has 1 unspecified atom stereocenters. The first kappa shape index (κ1) is 15.6. The van der Waals surface area contributed by atoms with Gasteiger partial charge in [0.2, 0.25) is 10.0 Å². The molecule has 19 heavy (non-hydrogen) atoms. The first-order chi connectivity index (χ1) is 8.92. The van der Waals surface area contributed by atoms with Crippen molar-refractivity contribution in [1.82, 2.24) is 4.72 Å². The Bertz CT molecular complexity index is 581. The van der Waals surface area contributed by atoms with Gasteiger partial charge in [0.15, 0.2) is 0 Å². The van der Waals surface area contributed by atoms with Gasteiger partial charge in [-0.1, -0.05) is 6.07 Å². The first-order valence-electron chi connectivity index (χ1n) is 5.74. The van der Waals surface area contributed by atoms with Crippen LogP contribution in [-0.2, 0) is 10.0 Å². The van der Waals surface area contributed by atoms with Gasteiger partial charge in [-0.25, -0.2) is 17.5 Å². The van der Waals surface area contributed by atoms with Crippen molar-refractivity contribution in [3.05, 3.63) is 29.6 Å². The van der Waals surface area contributed by atoms with Crippen LogP contribution in [0.2, 0.25) is 0 Å². The van der Waals surface area contributed by atoms with Crippen molar-refractivity contribution in [3.8, 4) is 6.07 Å². The number of aliphatic hydroxyl groups is 1. The number of aliphatic hydroxyl groups excluding tert-OH is 1. The van der Waals surface area contributed by atoms with Gasteiger partial charge in [-0.15, -0.1) is 0 Å². The summed E-state index contributed by atoms with van der Waals surface area (Å²) in [7, 11) is -3.95. The number of hydrogen-bond donors (Lipinski definition) is 2. The van der Waals surface area contributed by atoms with Crippen LogP contribution < -0.4 is 4.72 Å². The second-order valence-electron chi connectivity index (χ2n) is 4.11. The number of nitrogens with zero attached hydrogens (tertiary/aromatic N) is 1. The zero-order chi connectivity index (χ0) is 14.5. The van der Waals surface area contributed by atoms with E-state index in [0.29, 0.717) is 12.8 Å². The summed E-state index contributed by atoms with van der Waals surface area (Å²) in [5, 5.41) is 17.5. The molecular weight excluding hydrogens is 271 g/mol. The maximum atomic E-state index is 13.4. The molecular formula is C12H15FN2O3S. The minimum Gasteiger partial charge on any atom is -0.396 e. The molecule has 104 valence electrons. The average molecular weight is 286 g/mol. The van der Waals surface area contributed by atoms with Gasteiger partial charge in [0, 0.05) is 12.6 Å². The molecule has 0 bridgehead atoms. The molecule has 7 heteroatoms. The Hall–Kier alpha value is -1.49. The number of rotatable bonds is 6. The summed E-state index contributed by atoms with van der Waals surface area (Å²) >= 11 is 0. The Morgan fingerprint density at radius 2 is 2.21 bits per heavy atom. The van der Waals surface area contributed by atoms with Crippen LogP contribution in [0, 0.1) is 17.1 Å². The second-order valence-corrected chi connectivity index (χ2v) is 5.80. The number of nitrogens with one attached hydrogen (secondary N) is 1. The Morgan fingerprint density at radius 3 is 2.79 bits per heavy atom. The van der Waals surface area contributed by atoms with Gasteiger partial charge in [-0.3, -0.25) is 0 Å². The van der Waals surface area contributed by atoms with E-state index < -0.39 is 27.4 Å². The molecule has 0 radical (unpaired) electrons. The van der Waals surface area contributed by atoms with Crippen molar-refractivity contribution in [2.75, 3.05) is 6.61 Å². The molecule has 2 N–H and O–H groups in total. The molecule has 0 saturated heterocycles. The SMILES string of the molecule is CC(CCCO)NS(=O)(=O)c1cccc(F)c1C#N. The summed E-state index contributed by atoms with van der Waals surface area (Å²) in [6, 6.07) is 4.60. The fourth-order valence-electron chi connectivity index (χ4n) is 1.62. The molecule has 0 saturated carbocycles. The zero-order valence-corrected chi connectivity index (χ0v) is 11.2. The van der Waals surface area contributed by atoms with Gasteiger partial charge in [0.25, 0.3) is 0 Å². The Labute approximate surface area is 111 Å². The molecule has 0 amide bonds. The number of sulfonamides is 1. The Balaban J connectivity index is 3.02. The molecule has 0 aliphatic rings. The van der Waals surface area contributed by atoms with Crippen molar-refractivity contribution in [3.63, 3.8) is 0 Å². The Kier molecular flexibility index (Phi) is 5.42. The van der Waals surface area contributed by atoms with E-state index in [4.69, 9.17) is 10.4 Å². The lowest BCUT2D eigenvalue weighted by Gasteiger charge is -2.14. The largest absolute Gasteiger partial charge is 0.396 e. The van der Waals surface area contributed by atoms with E-state index in [1.165, 1.54) is 12.1 Å². The van der Waals surface area contributed by atoms with E-state index >= 15 is 0 Å². The zero-order valence-electron chi connectivity index (χ0n) is 10.4. The normalized spacial score (nSPS) is 12.9. The van der Waals surface area contributed by atoms with Gasteiger partial charge in [-0.05, 0) is 31.9 Å². The average Bonchev–Trinajstić information content (AvgIpc) is 2.35. The maximum Gasteiger partial charge on any atom is 0.242 e. The predicted octanol–water partition coefficient (Wildman–Crippen LogP) is 1.14. The minimum absolute atomic E-state index is 0.0323. The van der Waals surface area contributed by atoms with E-state index in [0.717, 1.165) is 6.07 Å². The summed E-state index contributed by atoms with van der Waals surface area (Å²) in [5.74, 6) is -0.867. The van der Waals surface area contributed by atoms with Gasteiger partial charge in [0.05, 0.1) is 0 Å². The summed E-state index contributed by atoms with van der Waals surface area (Å²) in [4.78, 5) is -0.370. The van der Waals surface area contributed by atoms with Crippen molar-refractivity contribution in [2.45, 2.75) is 30.7 Å². The van der Waals surface area contributed by atoms with Crippen LogP contribution in [0.1, 0.15) is 25.3 Å². The van der Waals surface area contributed by atoms with Crippen molar-refractivity contribution in [2.24, 2.45) is 0 Å². The van der Waals surface area contributed by atoms with Crippen LogP contribution in [-0.4, -0.2) is 26.2 Å². The third kappa shape index (κ3) is 3.99. The molecule has 0 spiro atoms. The maximum absolute atomic E-state index is 13.4. The highest BCUT2D eigenvalue weighted by Crippen LogP contribution is 2.18. The summed E-state index contributed by atoms with van der Waals surface area (Å²) < 4.78 is 39.8. The van der Waals surface area contributed by atoms with Crippen LogP contribution >= 0.6 is 0 Å². The van der Waals surface area contributed by atoms with Gasteiger partial charge >= 0.3 is 0 Å². The van der Waals surface area contributed by atoms with E-state index in [1.807, 2.05) is 0 Å². The lowest BCUT2D eigenvalue weighted by Crippen LogP contribution is -2.33. The van der Waals surface area contributed by atoms with Crippen LogP contribution in [0.5, 0.6) is 0 Å². The smallest absolute Gasteiger partial charge is 0.242 e.